The number of unbranched alkanes of at least 4 members (excludes halogenated alkanes) is 1. The van der Waals surface area contributed by atoms with Crippen molar-refractivity contribution in [1.29, 1.82) is 0 Å². The number of nitrogens with one attached hydrogen (secondary N) is 2. The lowest BCUT2D eigenvalue weighted by atomic mass is 10.2. The molecule has 0 spiro atoms. The van der Waals surface area contributed by atoms with Crippen molar-refractivity contribution in [2.24, 2.45) is 4.99 Å². The molecule has 0 atom stereocenters. The van der Waals surface area contributed by atoms with E-state index in [0.29, 0.717) is 23.8 Å². The highest BCUT2D eigenvalue weighted by molar-refractivity contribution is 14.0. The van der Waals surface area contributed by atoms with Gasteiger partial charge in [0.05, 0.1) is 26.9 Å². The van der Waals surface area contributed by atoms with Crippen molar-refractivity contribution in [3.05, 3.63) is 23.8 Å². The molecule has 1 fully saturated rings. The Hall–Kier alpha value is -1.40. The average molecular weight is 542 g/mol. The number of hydrogen-bond acceptors (Lipinski definition) is 5. The van der Waals surface area contributed by atoms with Gasteiger partial charge < -0.3 is 24.8 Å². The summed E-state index contributed by atoms with van der Waals surface area (Å²) in [4.78, 5) is 6.91. The lowest BCUT2D eigenvalue weighted by Gasteiger charge is -2.26. The minimum absolute atomic E-state index is 0. The molecule has 1 aliphatic rings. The summed E-state index contributed by atoms with van der Waals surface area (Å²) in [6, 6.07) is 4.72. The number of rotatable bonds is 11. The highest BCUT2D eigenvalue weighted by Crippen LogP contribution is 2.26. The molecule has 0 aromatic heterocycles. The van der Waals surface area contributed by atoms with Gasteiger partial charge in [0, 0.05) is 31.7 Å². The van der Waals surface area contributed by atoms with Crippen LogP contribution in [0.15, 0.2) is 23.2 Å². The molecular weight excluding hydrogens is 509 g/mol. The molecular formula is C20H33F2IN4O3. The van der Waals surface area contributed by atoms with Crippen molar-refractivity contribution in [1.82, 2.24) is 15.5 Å². The predicted octanol–water partition coefficient (Wildman–Crippen LogP) is 3.08. The van der Waals surface area contributed by atoms with E-state index in [9.17, 15) is 8.78 Å². The predicted molar refractivity (Wildman–Crippen MR) is 124 cm³/mol. The molecule has 0 radical (unpaired) electrons. The molecule has 1 aromatic rings. The van der Waals surface area contributed by atoms with Crippen molar-refractivity contribution < 1.29 is 23.0 Å². The van der Waals surface area contributed by atoms with Crippen LogP contribution in [-0.2, 0) is 11.3 Å². The molecule has 7 nitrogen and oxygen atoms in total. The number of hydrogen-bond donors (Lipinski definition) is 2. The Balaban J connectivity index is 0.00000450. The molecule has 30 heavy (non-hydrogen) atoms. The van der Waals surface area contributed by atoms with Crippen LogP contribution in [0.25, 0.3) is 0 Å². The molecule has 0 aliphatic carbocycles. The largest absolute Gasteiger partial charge is 0.497 e. The van der Waals surface area contributed by atoms with E-state index in [1.165, 1.54) is 13.2 Å². The zero-order valence-corrected chi connectivity index (χ0v) is 20.0. The van der Waals surface area contributed by atoms with Crippen LogP contribution in [0.3, 0.4) is 0 Å². The summed E-state index contributed by atoms with van der Waals surface area (Å²) in [5.74, 6) is 1.31. The van der Waals surface area contributed by atoms with Gasteiger partial charge in [-0.1, -0.05) is 0 Å². The quantitative estimate of drug-likeness (QED) is 0.194. The van der Waals surface area contributed by atoms with Gasteiger partial charge in [0.25, 0.3) is 0 Å². The number of aliphatic imine (C=N–C) groups is 1. The maximum Gasteiger partial charge on any atom is 0.387 e. The highest BCUT2D eigenvalue weighted by Gasteiger charge is 2.12. The van der Waals surface area contributed by atoms with Crippen LogP contribution in [0.5, 0.6) is 11.5 Å². The third-order valence-corrected chi connectivity index (χ3v) is 4.53. The van der Waals surface area contributed by atoms with Crippen LogP contribution in [0.4, 0.5) is 8.78 Å². The fraction of sp³-hybridized carbons (Fsp3) is 0.650. The SMILES string of the molecule is CCNC(=NCc1cc(OC)ccc1OC(F)F)NCCCCN1CCOCC1.I. The van der Waals surface area contributed by atoms with Crippen LogP contribution in [0, 0.1) is 0 Å². The average Bonchev–Trinajstić information content (AvgIpc) is 2.73. The summed E-state index contributed by atoms with van der Waals surface area (Å²) in [6.45, 7) is 5.48. The summed E-state index contributed by atoms with van der Waals surface area (Å²) in [5, 5.41) is 6.47. The zero-order chi connectivity index (χ0) is 20.9. The molecule has 0 bridgehead atoms. The molecule has 1 aromatic carbocycles. The fourth-order valence-electron chi connectivity index (χ4n) is 3.02. The van der Waals surface area contributed by atoms with E-state index in [1.54, 1.807) is 12.1 Å². The van der Waals surface area contributed by atoms with E-state index < -0.39 is 6.61 Å². The first kappa shape index (κ1) is 26.6. The zero-order valence-electron chi connectivity index (χ0n) is 17.7. The standard InChI is InChI=1S/C20H32F2N4O3.HI/c1-3-23-20(24-8-4-5-9-26-10-12-28-13-11-26)25-15-16-14-17(27-2)6-7-18(16)29-19(21)22;/h6-7,14,19H,3-5,8-13,15H2,1-2H3,(H2,23,24,25);1H. The Bertz CT molecular complexity index is 632. The van der Waals surface area contributed by atoms with Gasteiger partial charge >= 0.3 is 6.61 Å². The number of halogens is 3. The fourth-order valence-corrected chi connectivity index (χ4v) is 3.02. The van der Waals surface area contributed by atoms with Crippen molar-refractivity contribution in [3.63, 3.8) is 0 Å². The Labute approximate surface area is 194 Å². The van der Waals surface area contributed by atoms with Crippen LogP contribution in [-0.4, -0.2) is 70.5 Å². The summed E-state index contributed by atoms with van der Waals surface area (Å²) >= 11 is 0. The normalized spacial score (nSPS) is 14.9. The molecule has 0 unspecified atom stereocenters. The molecule has 1 aliphatic heterocycles. The number of ether oxygens (including phenoxy) is 3. The molecule has 0 saturated carbocycles. The van der Waals surface area contributed by atoms with Crippen LogP contribution < -0.4 is 20.1 Å². The van der Waals surface area contributed by atoms with E-state index >= 15 is 0 Å². The molecule has 2 rings (SSSR count). The number of nitrogens with zero attached hydrogens (tertiary/aromatic N) is 2. The van der Waals surface area contributed by atoms with Gasteiger partial charge in [0.2, 0.25) is 0 Å². The molecule has 172 valence electrons. The second kappa shape index (κ2) is 15.4. The van der Waals surface area contributed by atoms with Gasteiger partial charge in [-0.2, -0.15) is 8.78 Å². The van der Waals surface area contributed by atoms with Gasteiger partial charge in [-0.15, -0.1) is 24.0 Å². The van der Waals surface area contributed by atoms with Crippen LogP contribution >= 0.6 is 24.0 Å². The summed E-state index contributed by atoms with van der Waals surface area (Å²) < 4.78 is 40.4. The van der Waals surface area contributed by atoms with E-state index in [2.05, 4.69) is 25.3 Å². The van der Waals surface area contributed by atoms with Gasteiger partial charge in [-0.3, -0.25) is 4.90 Å². The Morgan fingerprint density at radius 1 is 1.23 bits per heavy atom. The second-order valence-electron chi connectivity index (χ2n) is 6.64. The Kier molecular flexibility index (Phi) is 13.7. The van der Waals surface area contributed by atoms with Gasteiger partial charge in [-0.05, 0) is 44.5 Å². The third kappa shape index (κ3) is 10.1. The number of benzene rings is 1. The summed E-state index contributed by atoms with van der Waals surface area (Å²) in [5.41, 5.74) is 0.536. The smallest absolute Gasteiger partial charge is 0.387 e. The maximum atomic E-state index is 12.7. The van der Waals surface area contributed by atoms with Gasteiger partial charge in [0.15, 0.2) is 5.96 Å². The van der Waals surface area contributed by atoms with Gasteiger partial charge in [-0.25, -0.2) is 4.99 Å². The third-order valence-electron chi connectivity index (χ3n) is 4.53. The Morgan fingerprint density at radius 2 is 2.00 bits per heavy atom. The van der Waals surface area contributed by atoms with Crippen molar-refractivity contribution >= 4 is 29.9 Å². The lowest BCUT2D eigenvalue weighted by molar-refractivity contribution is -0.0504. The van der Waals surface area contributed by atoms with E-state index in [0.717, 1.165) is 52.2 Å². The maximum absolute atomic E-state index is 12.7. The first-order chi connectivity index (χ1) is 14.1. The highest BCUT2D eigenvalue weighted by atomic mass is 127. The van der Waals surface area contributed by atoms with E-state index in [-0.39, 0.29) is 36.3 Å². The van der Waals surface area contributed by atoms with E-state index in [4.69, 9.17) is 9.47 Å². The van der Waals surface area contributed by atoms with Crippen LogP contribution in [0.2, 0.25) is 0 Å². The lowest BCUT2D eigenvalue weighted by Crippen LogP contribution is -2.39. The van der Waals surface area contributed by atoms with Gasteiger partial charge in [0.1, 0.15) is 11.5 Å². The van der Waals surface area contributed by atoms with Crippen LogP contribution in [0.1, 0.15) is 25.3 Å². The first-order valence-corrected chi connectivity index (χ1v) is 10.1. The molecule has 0 amide bonds. The second-order valence-corrected chi connectivity index (χ2v) is 6.64. The number of morpholine rings is 1. The molecule has 10 heteroatoms. The molecule has 1 saturated heterocycles. The number of alkyl halides is 2. The number of methoxy groups -OCH3 is 1. The summed E-state index contributed by atoms with van der Waals surface area (Å²) in [7, 11) is 1.53. The first-order valence-electron chi connectivity index (χ1n) is 10.1. The van der Waals surface area contributed by atoms with Crippen molar-refractivity contribution in [3.8, 4) is 11.5 Å². The van der Waals surface area contributed by atoms with E-state index in [1.807, 2.05) is 6.92 Å². The minimum Gasteiger partial charge on any atom is -0.497 e. The monoisotopic (exact) mass is 542 g/mol. The minimum atomic E-state index is -2.89. The topological polar surface area (TPSA) is 67.4 Å². The van der Waals surface area contributed by atoms with Crippen molar-refractivity contribution in [2.45, 2.75) is 32.9 Å². The van der Waals surface area contributed by atoms with Crippen molar-refractivity contribution in [2.75, 3.05) is 53.0 Å². The molecule has 2 N–H and O–H groups in total. The summed E-state index contributed by atoms with van der Waals surface area (Å²) in [6.07, 6.45) is 2.11. The molecule has 1 heterocycles. The number of guanidine groups is 1. The Morgan fingerprint density at radius 3 is 2.67 bits per heavy atom.